The van der Waals surface area contributed by atoms with Gasteiger partial charge in [0.15, 0.2) is 0 Å². The number of carbonyl (C=O) groups is 1. The molecule has 0 radical (unpaired) electrons. The van der Waals surface area contributed by atoms with Crippen LogP contribution in [0, 0.1) is 0 Å². The maximum Gasteiger partial charge on any atom is 0.348 e. The Morgan fingerprint density at radius 3 is 2.41 bits per heavy atom. The molecule has 5 nitrogen and oxygen atoms in total. The topological polar surface area (TPSA) is 65.3 Å². The first-order chi connectivity index (χ1) is 7.71. The van der Waals surface area contributed by atoms with Crippen LogP contribution in [-0.4, -0.2) is 30.2 Å². The van der Waals surface area contributed by atoms with Gasteiger partial charge in [-0.05, 0) is 11.5 Å². The summed E-state index contributed by atoms with van der Waals surface area (Å²) in [6.07, 6.45) is 0. The molecule has 0 aromatic carbocycles. The van der Waals surface area contributed by atoms with Crippen molar-refractivity contribution in [3.05, 3.63) is 15.8 Å². The molecule has 94 valence electrons. The van der Waals surface area contributed by atoms with Crippen molar-refractivity contribution in [3.8, 4) is 0 Å². The molecule has 0 saturated heterocycles. The number of thiophene rings is 1. The van der Waals surface area contributed by atoms with Crippen LogP contribution in [0.15, 0.2) is 16.4 Å². The lowest BCUT2D eigenvalue weighted by molar-refractivity contribution is 0.0703. The van der Waals surface area contributed by atoms with E-state index in [9.17, 15) is 4.79 Å². The van der Waals surface area contributed by atoms with E-state index in [4.69, 9.17) is 5.11 Å². The number of aromatic carboxylic acids is 1. The second kappa shape index (κ2) is 4.83. The van der Waals surface area contributed by atoms with E-state index in [0.29, 0.717) is 5.69 Å². The van der Waals surface area contributed by atoms with Gasteiger partial charge in [0.05, 0.1) is 0 Å². The molecular weight excluding hydrogens is 238 g/mol. The van der Waals surface area contributed by atoms with E-state index in [1.54, 1.807) is 20.2 Å². The fourth-order valence-electron chi connectivity index (χ4n) is 1.12. The highest BCUT2D eigenvalue weighted by molar-refractivity contribution is 7.14. The molecule has 1 heterocycles. The Labute approximate surface area is 105 Å². The Bertz CT molecular complexity index is 444. The average Bonchev–Trinajstić information content (AvgIpc) is 2.57. The van der Waals surface area contributed by atoms with Gasteiger partial charge in [-0.1, -0.05) is 26.0 Å². The van der Waals surface area contributed by atoms with Crippen molar-refractivity contribution in [1.29, 1.82) is 0 Å². The van der Waals surface area contributed by atoms with E-state index < -0.39 is 5.97 Å². The number of carboxylic acid groups (broad SMARTS) is 1. The summed E-state index contributed by atoms with van der Waals surface area (Å²) < 4.78 is 0. The molecule has 1 aromatic rings. The van der Waals surface area contributed by atoms with Crippen molar-refractivity contribution < 1.29 is 9.90 Å². The molecule has 0 unspecified atom stereocenters. The van der Waals surface area contributed by atoms with Gasteiger partial charge in [-0.3, -0.25) is 5.01 Å². The van der Waals surface area contributed by atoms with Gasteiger partial charge in [0.1, 0.15) is 10.6 Å². The van der Waals surface area contributed by atoms with Crippen LogP contribution in [-0.2, 0) is 5.41 Å². The van der Waals surface area contributed by atoms with Crippen molar-refractivity contribution in [2.24, 2.45) is 10.3 Å². The molecule has 1 rings (SSSR count). The monoisotopic (exact) mass is 255 g/mol. The first-order valence-corrected chi connectivity index (χ1v) is 6.00. The Balaban J connectivity index is 3.19. The largest absolute Gasteiger partial charge is 0.477 e. The molecule has 0 atom stereocenters. The van der Waals surface area contributed by atoms with E-state index in [-0.39, 0.29) is 10.3 Å². The molecule has 17 heavy (non-hydrogen) atoms. The lowest BCUT2D eigenvalue weighted by Crippen LogP contribution is -2.07. The summed E-state index contributed by atoms with van der Waals surface area (Å²) in [4.78, 5) is 12.3. The maximum atomic E-state index is 11.1. The first-order valence-electron chi connectivity index (χ1n) is 5.18. The zero-order valence-electron chi connectivity index (χ0n) is 10.7. The molecule has 0 bridgehead atoms. The highest BCUT2D eigenvalue weighted by atomic mass is 32.1. The molecule has 0 aliphatic heterocycles. The van der Waals surface area contributed by atoms with Crippen LogP contribution in [0.5, 0.6) is 0 Å². The van der Waals surface area contributed by atoms with Crippen LogP contribution >= 0.6 is 11.3 Å². The molecule has 6 heteroatoms. The summed E-state index contributed by atoms with van der Waals surface area (Å²) in [7, 11) is 3.47. The number of hydrogen-bond donors (Lipinski definition) is 1. The van der Waals surface area contributed by atoms with E-state index in [1.165, 1.54) is 16.3 Å². The quantitative estimate of drug-likeness (QED) is 0.665. The third-order valence-electron chi connectivity index (χ3n) is 1.98. The predicted molar refractivity (Wildman–Crippen MR) is 68.2 cm³/mol. The minimum Gasteiger partial charge on any atom is -0.477 e. The van der Waals surface area contributed by atoms with Crippen molar-refractivity contribution >= 4 is 23.0 Å². The number of carboxylic acids is 1. The Morgan fingerprint density at radius 2 is 2.00 bits per heavy atom. The van der Waals surface area contributed by atoms with Crippen molar-refractivity contribution in [2.45, 2.75) is 26.2 Å². The van der Waals surface area contributed by atoms with Gasteiger partial charge in [0.25, 0.3) is 0 Å². The summed E-state index contributed by atoms with van der Waals surface area (Å²) in [5, 5.41) is 18.4. The lowest BCUT2D eigenvalue weighted by atomic mass is 9.95. The van der Waals surface area contributed by atoms with Crippen molar-refractivity contribution in [3.63, 3.8) is 0 Å². The fraction of sp³-hybridized carbons (Fsp3) is 0.545. The summed E-state index contributed by atoms with van der Waals surface area (Å²) in [5.41, 5.74) is 0.335. The normalized spacial score (nSPS) is 12.1. The Hall–Kier alpha value is -1.43. The summed E-state index contributed by atoms with van der Waals surface area (Å²) in [6, 6.07) is 1.79. The van der Waals surface area contributed by atoms with Gasteiger partial charge in [0, 0.05) is 19.0 Å². The van der Waals surface area contributed by atoms with Gasteiger partial charge in [-0.15, -0.1) is 16.5 Å². The number of hydrogen-bond acceptors (Lipinski definition) is 4. The average molecular weight is 255 g/mol. The SMILES string of the molecule is CN(C)N=Nc1cc(C(C)(C)C)sc1C(=O)O. The third kappa shape index (κ3) is 3.52. The van der Waals surface area contributed by atoms with E-state index in [0.717, 1.165) is 4.88 Å². The van der Waals surface area contributed by atoms with E-state index >= 15 is 0 Å². The highest BCUT2D eigenvalue weighted by Gasteiger charge is 2.22. The van der Waals surface area contributed by atoms with Crippen LogP contribution in [0.2, 0.25) is 0 Å². The number of rotatable bonds is 3. The first kappa shape index (κ1) is 13.6. The molecule has 0 amide bonds. The minimum atomic E-state index is -0.960. The van der Waals surface area contributed by atoms with Gasteiger partial charge in [-0.25, -0.2) is 4.79 Å². The van der Waals surface area contributed by atoms with Crippen LogP contribution in [0.1, 0.15) is 35.3 Å². The minimum absolute atomic E-state index is 0.0826. The van der Waals surface area contributed by atoms with Crippen molar-refractivity contribution in [2.75, 3.05) is 14.1 Å². The van der Waals surface area contributed by atoms with Crippen molar-refractivity contribution in [1.82, 2.24) is 5.01 Å². The molecule has 1 aromatic heterocycles. The zero-order chi connectivity index (χ0) is 13.2. The standard InChI is InChI=1S/C11H17N3O2S/c1-11(2,3)8-6-7(12-13-14(4)5)9(17-8)10(15)16/h6H,1-5H3,(H,15,16). The van der Waals surface area contributed by atoms with E-state index in [1.807, 2.05) is 20.8 Å². The molecule has 0 aliphatic rings. The Kier molecular flexibility index (Phi) is 3.87. The summed E-state index contributed by atoms with van der Waals surface area (Å²) in [6.45, 7) is 6.12. The number of nitrogens with zero attached hydrogens (tertiary/aromatic N) is 3. The lowest BCUT2D eigenvalue weighted by Gasteiger charge is -2.14. The van der Waals surface area contributed by atoms with Crippen LogP contribution in [0.25, 0.3) is 0 Å². The van der Waals surface area contributed by atoms with Gasteiger partial charge >= 0.3 is 5.97 Å². The van der Waals surface area contributed by atoms with E-state index in [2.05, 4.69) is 10.3 Å². The molecule has 0 fully saturated rings. The van der Waals surface area contributed by atoms with Gasteiger partial charge in [0.2, 0.25) is 0 Å². The van der Waals surface area contributed by atoms with Crippen LogP contribution in [0.3, 0.4) is 0 Å². The highest BCUT2D eigenvalue weighted by Crippen LogP contribution is 2.37. The second-order valence-corrected chi connectivity index (χ2v) is 5.97. The predicted octanol–water partition coefficient (Wildman–Crippen LogP) is 3.30. The molecular formula is C11H17N3O2S. The molecule has 0 aliphatic carbocycles. The molecule has 0 spiro atoms. The Morgan fingerprint density at radius 1 is 1.41 bits per heavy atom. The maximum absolute atomic E-state index is 11.1. The zero-order valence-corrected chi connectivity index (χ0v) is 11.5. The van der Waals surface area contributed by atoms with Crippen LogP contribution < -0.4 is 0 Å². The second-order valence-electron chi connectivity index (χ2n) is 4.92. The van der Waals surface area contributed by atoms with Crippen LogP contribution in [0.4, 0.5) is 5.69 Å². The summed E-state index contributed by atoms with van der Waals surface area (Å²) in [5.74, 6) is -0.960. The fourth-order valence-corrected chi connectivity index (χ4v) is 2.10. The molecule has 0 saturated carbocycles. The van der Waals surface area contributed by atoms with Gasteiger partial charge < -0.3 is 5.11 Å². The molecule has 1 N–H and O–H groups in total. The smallest absolute Gasteiger partial charge is 0.348 e. The summed E-state index contributed by atoms with van der Waals surface area (Å²) >= 11 is 1.25. The van der Waals surface area contributed by atoms with Gasteiger partial charge in [-0.2, -0.15) is 0 Å². The third-order valence-corrected chi connectivity index (χ3v) is 3.52.